The van der Waals surface area contributed by atoms with Crippen LogP contribution in [-0.4, -0.2) is 4.98 Å². The molecule has 0 radical (unpaired) electrons. The Morgan fingerprint density at radius 1 is 1.23 bits per heavy atom. The minimum Gasteiger partial charge on any atom is -0.250 e. The number of H-pyrrole nitrogens is 1. The Labute approximate surface area is 75.9 Å². The van der Waals surface area contributed by atoms with E-state index in [9.17, 15) is 0 Å². The molecule has 1 heterocycles. The number of nitriles is 1. The summed E-state index contributed by atoms with van der Waals surface area (Å²) in [4.78, 5) is 2.95. The van der Waals surface area contributed by atoms with E-state index >= 15 is 0 Å². The molecular formula is C10H8N3+. The number of aromatic nitrogens is 2. The second-order valence-corrected chi connectivity index (χ2v) is 2.68. The SMILES string of the molecule is N#Cc1ccc(-[n+]2cc[nH]c2)cc1. The number of rotatable bonds is 1. The van der Waals surface area contributed by atoms with Crippen molar-refractivity contribution in [3.63, 3.8) is 0 Å². The van der Waals surface area contributed by atoms with Gasteiger partial charge in [0, 0.05) is 0 Å². The zero-order valence-corrected chi connectivity index (χ0v) is 6.94. The van der Waals surface area contributed by atoms with Crippen molar-refractivity contribution in [2.45, 2.75) is 0 Å². The van der Waals surface area contributed by atoms with Crippen molar-refractivity contribution < 1.29 is 4.57 Å². The maximum atomic E-state index is 8.60. The summed E-state index contributed by atoms with van der Waals surface area (Å²) in [5.74, 6) is 0. The maximum absolute atomic E-state index is 8.60. The summed E-state index contributed by atoms with van der Waals surface area (Å²) in [6.45, 7) is 0. The van der Waals surface area contributed by atoms with Gasteiger partial charge in [0.2, 0.25) is 6.33 Å². The zero-order valence-electron chi connectivity index (χ0n) is 6.94. The van der Waals surface area contributed by atoms with E-state index in [0.29, 0.717) is 5.56 Å². The minimum absolute atomic E-state index is 0.680. The third kappa shape index (κ3) is 1.42. The molecule has 13 heavy (non-hydrogen) atoms. The lowest BCUT2D eigenvalue weighted by molar-refractivity contribution is -0.594. The van der Waals surface area contributed by atoms with Crippen LogP contribution in [0, 0.1) is 11.3 Å². The summed E-state index contributed by atoms with van der Waals surface area (Å²) in [5, 5.41) is 8.60. The smallest absolute Gasteiger partial charge is 0.246 e. The summed E-state index contributed by atoms with van der Waals surface area (Å²) in [7, 11) is 0. The fourth-order valence-electron chi connectivity index (χ4n) is 1.16. The molecule has 0 unspecified atom stereocenters. The summed E-state index contributed by atoms with van der Waals surface area (Å²) in [6, 6.07) is 9.50. The molecule has 0 atom stereocenters. The van der Waals surface area contributed by atoms with Gasteiger partial charge in [0.05, 0.1) is 11.6 Å². The fourth-order valence-corrected chi connectivity index (χ4v) is 1.16. The first-order valence-electron chi connectivity index (χ1n) is 3.95. The van der Waals surface area contributed by atoms with Crippen molar-refractivity contribution in [2.24, 2.45) is 0 Å². The Morgan fingerprint density at radius 3 is 2.54 bits per heavy atom. The number of benzene rings is 1. The van der Waals surface area contributed by atoms with Gasteiger partial charge in [0.15, 0.2) is 0 Å². The van der Waals surface area contributed by atoms with Crippen LogP contribution in [0.3, 0.4) is 0 Å². The topological polar surface area (TPSA) is 43.5 Å². The van der Waals surface area contributed by atoms with Crippen LogP contribution >= 0.6 is 0 Å². The number of nitrogens with one attached hydrogen (secondary N) is 1. The van der Waals surface area contributed by atoms with Crippen LogP contribution in [0.2, 0.25) is 0 Å². The third-order valence-corrected chi connectivity index (χ3v) is 1.84. The molecule has 3 heteroatoms. The summed E-state index contributed by atoms with van der Waals surface area (Å²) in [5.41, 5.74) is 1.72. The molecule has 0 saturated carbocycles. The van der Waals surface area contributed by atoms with Crippen LogP contribution in [-0.2, 0) is 0 Å². The first-order chi connectivity index (χ1) is 6.40. The van der Waals surface area contributed by atoms with E-state index in [1.54, 1.807) is 12.1 Å². The van der Waals surface area contributed by atoms with Gasteiger partial charge >= 0.3 is 0 Å². The van der Waals surface area contributed by atoms with Crippen LogP contribution in [0.1, 0.15) is 5.56 Å². The second-order valence-electron chi connectivity index (χ2n) is 2.68. The first-order valence-corrected chi connectivity index (χ1v) is 3.95. The van der Waals surface area contributed by atoms with Gasteiger partial charge in [-0.3, -0.25) is 0 Å². The van der Waals surface area contributed by atoms with Crippen LogP contribution in [0.25, 0.3) is 5.69 Å². The minimum atomic E-state index is 0.680. The number of nitrogens with zero attached hydrogens (tertiary/aromatic N) is 2. The van der Waals surface area contributed by atoms with E-state index < -0.39 is 0 Å². The first kappa shape index (κ1) is 7.56. The van der Waals surface area contributed by atoms with E-state index in [-0.39, 0.29) is 0 Å². The Balaban J connectivity index is 2.40. The molecule has 2 rings (SSSR count). The van der Waals surface area contributed by atoms with Crippen LogP contribution < -0.4 is 4.57 Å². The molecule has 0 spiro atoms. The molecule has 0 aliphatic rings. The Bertz CT molecular complexity index is 420. The molecule has 0 fully saturated rings. The summed E-state index contributed by atoms with van der Waals surface area (Å²) < 4.78 is 1.95. The standard InChI is InChI=1S/C10H7N3/c11-7-9-1-3-10(4-2-9)13-6-5-12-8-13/h1-6,8H/p+1. The molecule has 1 aromatic heterocycles. The molecule has 0 amide bonds. The number of hydrogen-bond donors (Lipinski definition) is 1. The fraction of sp³-hybridized carbons (Fsp3) is 0. The molecule has 62 valence electrons. The van der Waals surface area contributed by atoms with Crippen LogP contribution in [0.5, 0.6) is 0 Å². The number of aromatic amines is 1. The highest BCUT2D eigenvalue weighted by molar-refractivity contribution is 5.34. The van der Waals surface area contributed by atoms with Crippen molar-refractivity contribution in [1.29, 1.82) is 5.26 Å². The van der Waals surface area contributed by atoms with Gasteiger partial charge in [-0.1, -0.05) is 0 Å². The Morgan fingerprint density at radius 2 is 2.00 bits per heavy atom. The molecule has 0 aliphatic carbocycles. The van der Waals surface area contributed by atoms with Gasteiger partial charge < -0.3 is 0 Å². The zero-order chi connectivity index (χ0) is 9.10. The Hall–Kier alpha value is -2.08. The van der Waals surface area contributed by atoms with Crippen molar-refractivity contribution in [3.05, 3.63) is 48.5 Å². The molecule has 3 nitrogen and oxygen atoms in total. The highest BCUT2D eigenvalue weighted by atomic mass is 15.0. The molecule has 0 bridgehead atoms. The molecule has 0 aliphatic heterocycles. The van der Waals surface area contributed by atoms with Crippen molar-refractivity contribution in [3.8, 4) is 11.8 Å². The lowest BCUT2D eigenvalue weighted by atomic mass is 10.2. The predicted molar refractivity (Wildman–Crippen MR) is 47.0 cm³/mol. The molecule has 0 saturated heterocycles. The van der Waals surface area contributed by atoms with Gasteiger partial charge in [-0.25, -0.2) is 9.55 Å². The molecule has 1 N–H and O–H groups in total. The van der Waals surface area contributed by atoms with Crippen LogP contribution in [0.15, 0.2) is 43.0 Å². The van der Waals surface area contributed by atoms with Gasteiger partial charge in [-0.2, -0.15) is 5.26 Å². The van der Waals surface area contributed by atoms with E-state index in [1.165, 1.54) is 0 Å². The maximum Gasteiger partial charge on any atom is 0.246 e. The van der Waals surface area contributed by atoms with Gasteiger partial charge in [-0.05, 0) is 24.3 Å². The third-order valence-electron chi connectivity index (χ3n) is 1.84. The van der Waals surface area contributed by atoms with Gasteiger partial charge in [0.1, 0.15) is 18.1 Å². The highest BCUT2D eigenvalue weighted by Gasteiger charge is 2.00. The summed E-state index contributed by atoms with van der Waals surface area (Å²) in [6.07, 6.45) is 5.61. The largest absolute Gasteiger partial charge is 0.250 e. The van der Waals surface area contributed by atoms with E-state index in [1.807, 2.05) is 35.4 Å². The lowest BCUT2D eigenvalue weighted by Gasteiger charge is -1.93. The van der Waals surface area contributed by atoms with Gasteiger partial charge in [-0.15, -0.1) is 0 Å². The molecule has 1 aromatic carbocycles. The van der Waals surface area contributed by atoms with E-state index in [0.717, 1.165) is 5.69 Å². The lowest BCUT2D eigenvalue weighted by Crippen LogP contribution is -2.26. The van der Waals surface area contributed by atoms with Crippen LogP contribution in [0.4, 0.5) is 0 Å². The quantitative estimate of drug-likeness (QED) is 0.641. The number of hydrogen-bond acceptors (Lipinski definition) is 1. The van der Waals surface area contributed by atoms with Crippen molar-refractivity contribution in [1.82, 2.24) is 4.98 Å². The average Bonchev–Trinajstić information content (AvgIpc) is 2.71. The average molecular weight is 170 g/mol. The Kier molecular flexibility index (Phi) is 1.81. The van der Waals surface area contributed by atoms with E-state index in [4.69, 9.17) is 5.26 Å². The van der Waals surface area contributed by atoms with Gasteiger partial charge in [0.25, 0.3) is 0 Å². The summed E-state index contributed by atoms with van der Waals surface area (Å²) >= 11 is 0. The normalized spacial score (nSPS) is 9.46. The highest BCUT2D eigenvalue weighted by Crippen LogP contribution is 2.01. The molecule has 2 aromatic rings. The molecular weight excluding hydrogens is 162 g/mol. The number of imidazole rings is 1. The monoisotopic (exact) mass is 170 g/mol. The van der Waals surface area contributed by atoms with Crippen molar-refractivity contribution in [2.75, 3.05) is 0 Å². The second kappa shape index (κ2) is 3.11. The van der Waals surface area contributed by atoms with Crippen molar-refractivity contribution >= 4 is 0 Å². The van der Waals surface area contributed by atoms with E-state index in [2.05, 4.69) is 11.1 Å². The predicted octanol–water partition coefficient (Wildman–Crippen LogP) is 1.16.